The van der Waals surface area contributed by atoms with Crippen molar-refractivity contribution in [1.82, 2.24) is 10.2 Å². The molecule has 114 valence electrons. The number of halogens is 1. The van der Waals surface area contributed by atoms with Crippen molar-refractivity contribution in [3.05, 3.63) is 39.9 Å². The molecule has 2 unspecified atom stereocenters. The molecule has 2 saturated heterocycles. The third-order valence-electron chi connectivity index (χ3n) is 4.11. The van der Waals surface area contributed by atoms with Crippen LogP contribution in [0.3, 0.4) is 0 Å². The molecule has 2 bridgehead atoms. The van der Waals surface area contributed by atoms with Gasteiger partial charge in [0.1, 0.15) is 0 Å². The van der Waals surface area contributed by atoms with Crippen molar-refractivity contribution in [2.75, 3.05) is 13.1 Å². The normalized spacial score (nSPS) is 24.1. The number of hydrogen-bond acceptors (Lipinski definition) is 4. The monoisotopic (exact) mass is 311 g/mol. The van der Waals surface area contributed by atoms with E-state index in [9.17, 15) is 14.9 Å². The second-order valence-corrected chi connectivity index (χ2v) is 5.49. The SMILES string of the molecule is Cl.O=C(c1cccc([N+](=O)[O-])c1)N1CCC2CCC(C1)N2. The number of hydrogen-bond donors (Lipinski definition) is 1. The van der Waals surface area contributed by atoms with Crippen LogP contribution in [0.4, 0.5) is 5.69 Å². The molecule has 1 N–H and O–H groups in total. The van der Waals surface area contributed by atoms with Crippen LogP contribution in [-0.2, 0) is 0 Å². The van der Waals surface area contributed by atoms with E-state index < -0.39 is 4.92 Å². The Labute approximate surface area is 129 Å². The van der Waals surface area contributed by atoms with E-state index in [4.69, 9.17) is 0 Å². The van der Waals surface area contributed by atoms with Crippen LogP contribution < -0.4 is 5.32 Å². The van der Waals surface area contributed by atoms with Crippen molar-refractivity contribution < 1.29 is 9.72 Å². The Hall–Kier alpha value is -1.66. The average molecular weight is 312 g/mol. The molecule has 1 aromatic carbocycles. The fourth-order valence-electron chi connectivity index (χ4n) is 3.06. The zero-order chi connectivity index (χ0) is 14.1. The molecular weight excluding hydrogens is 294 g/mol. The summed E-state index contributed by atoms with van der Waals surface area (Å²) in [7, 11) is 0. The average Bonchev–Trinajstić information content (AvgIpc) is 2.78. The lowest BCUT2D eigenvalue weighted by atomic mass is 10.1. The molecule has 0 saturated carbocycles. The van der Waals surface area contributed by atoms with Crippen LogP contribution in [0, 0.1) is 10.1 Å². The molecule has 1 amide bonds. The van der Waals surface area contributed by atoms with Gasteiger partial charge in [-0.1, -0.05) is 6.07 Å². The zero-order valence-electron chi connectivity index (χ0n) is 11.5. The maximum absolute atomic E-state index is 12.5. The van der Waals surface area contributed by atoms with Gasteiger partial charge < -0.3 is 10.2 Å². The van der Waals surface area contributed by atoms with Gasteiger partial charge in [0.25, 0.3) is 11.6 Å². The summed E-state index contributed by atoms with van der Waals surface area (Å²) in [5.41, 5.74) is 0.363. The summed E-state index contributed by atoms with van der Waals surface area (Å²) in [5.74, 6) is -0.108. The summed E-state index contributed by atoms with van der Waals surface area (Å²) in [6.45, 7) is 1.41. The van der Waals surface area contributed by atoms with E-state index in [2.05, 4.69) is 5.32 Å². The number of nitrogens with one attached hydrogen (secondary N) is 1. The highest BCUT2D eigenvalue weighted by atomic mass is 35.5. The molecule has 3 rings (SSSR count). The Morgan fingerprint density at radius 1 is 1.29 bits per heavy atom. The molecule has 0 radical (unpaired) electrons. The molecule has 2 heterocycles. The number of nitro benzene ring substituents is 1. The third kappa shape index (κ3) is 3.33. The lowest BCUT2D eigenvalue weighted by Gasteiger charge is -2.24. The highest BCUT2D eigenvalue weighted by Gasteiger charge is 2.31. The van der Waals surface area contributed by atoms with Gasteiger partial charge in [-0.25, -0.2) is 0 Å². The quantitative estimate of drug-likeness (QED) is 0.669. The number of fused-ring (bicyclic) bond motifs is 2. The van der Waals surface area contributed by atoms with Crippen LogP contribution in [0.25, 0.3) is 0 Å². The van der Waals surface area contributed by atoms with Crippen LogP contribution in [0.2, 0.25) is 0 Å². The van der Waals surface area contributed by atoms with Crippen LogP contribution in [0.1, 0.15) is 29.6 Å². The number of amides is 1. The molecule has 0 aliphatic carbocycles. The fourth-order valence-corrected chi connectivity index (χ4v) is 3.06. The van der Waals surface area contributed by atoms with Gasteiger partial charge >= 0.3 is 0 Å². The van der Waals surface area contributed by atoms with Gasteiger partial charge in [0.15, 0.2) is 0 Å². The van der Waals surface area contributed by atoms with E-state index in [0.717, 1.165) is 19.4 Å². The van der Waals surface area contributed by atoms with E-state index in [1.807, 2.05) is 4.90 Å². The van der Waals surface area contributed by atoms with Crippen LogP contribution in [0.15, 0.2) is 24.3 Å². The first kappa shape index (κ1) is 15.7. The van der Waals surface area contributed by atoms with E-state index in [1.165, 1.54) is 18.6 Å². The molecule has 6 nitrogen and oxygen atoms in total. The topological polar surface area (TPSA) is 75.5 Å². The van der Waals surface area contributed by atoms with Gasteiger partial charge in [0.05, 0.1) is 4.92 Å². The molecule has 0 aromatic heterocycles. The van der Waals surface area contributed by atoms with E-state index in [1.54, 1.807) is 12.1 Å². The summed E-state index contributed by atoms with van der Waals surface area (Å²) in [6.07, 6.45) is 3.24. The molecule has 2 aliphatic rings. The lowest BCUT2D eigenvalue weighted by molar-refractivity contribution is -0.384. The van der Waals surface area contributed by atoms with Crippen LogP contribution in [-0.4, -0.2) is 40.9 Å². The van der Waals surface area contributed by atoms with Crippen molar-refractivity contribution in [2.24, 2.45) is 0 Å². The second kappa shape index (κ2) is 6.41. The van der Waals surface area contributed by atoms with Crippen molar-refractivity contribution in [3.63, 3.8) is 0 Å². The van der Waals surface area contributed by atoms with Crippen molar-refractivity contribution in [1.29, 1.82) is 0 Å². The Kier molecular flexibility index (Phi) is 4.80. The summed E-state index contributed by atoms with van der Waals surface area (Å²) in [6, 6.07) is 6.86. The lowest BCUT2D eigenvalue weighted by Crippen LogP contribution is -2.39. The third-order valence-corrected chi connectivity index (χ3v) is 4.11. The summed E-state index contributed by atoms with van der Waals surface area (Å²) < 4.78 is 0. The van der Waals surface area contributed by atoms with E-state index >= 15 is 0 Å². The van der Waals surface area contributed by atoms with Crippen molar-refractivity contribution in [3.8, 4) is 0 Å². The number of non-ortho nitro benzene ring substituents is 1. The number of rotatable bonds is 2. The van der Waals surface area contributed by atoms with Crippen molar-refractivity contribution in [2.45, 2.75) is 31.3 Å². The smallest absolute Gasteiger partial charge is 0.270 e. The largest absolute Gasteiger partial charge is 0.337 e. The first-order valence-electron chi connectivity index (χ1n) is 6.93. The summed E-state index contributed by atoms with van der Waals surface area (Å²) in [4.78, 5) is 24.6. The predicted octanol–water partition coefficient (Wildman–Crippen LogP) is 1.98. The highest BCUT2D eigenvalue weighted by molar-refractivity contribution is 5.94. The predicted molar refractivity (Wildman–Crippen MR) is 80.8 cm³/mol. The van der Waals surface area contributed by atoms with Crippen LogP contribution in [0.5, 0.6) is 0 Å². The molecular formula is C14H18ClN3O3. The Morgan fingerprint density at radius 3 is 2.81 bits per heavy atom. The first-order chi connectivity index (χ1) is 9.63. The van der Waals surface area contributed by atoms with Gasteiger partial charge in [-0.15, -0.1) is 12.4 Å². The molecule has 7 heteroatoms. The molecule has 1 aromatic rings. The number of nitrogens with zero attached hydrogens (tertiary/aromatic N) is 2. The van der Waals surface area contributed by atoms with Gasteiger partial charge in [-0.05, 0) is 25.3 Å². The minimum absolute atomic E-state index is 0. The number of nitro groups is 1. The summed E-state index contributed by atoms with van der Waals surface area (Å²) >= 11 is 0. The van der Waals surface area contributed by atoms with Crippen molar-refractivity contribution >= 4 is 24.0 Å². The standard InChI is InChI=1S/C14H17N3O3.ClH/c18-14(10-2-1-3-13(8-10)17(19)20)16-7-6-11-4-5-12(9-16)15-11;/h1-3,8,11-12,15H,4-7,9H2;1H. The Morgan fingerprint density at radius 2 is 2.05 bits per heavy atom. The number of likely N-dealkylation sites (tertiary alicyclic amines) is 1. The number of carbonyl (C=O) groups excluding carboxylic acids is 1. The second-order valence-electron chi connectivity index (χ2n) is 5.49. The maximum atomic E-state index is 12.5. The van der Waals surface area contributed by atoms with E-state index in [0.29, 0.717) is 24.2 Å². The molecule has 2 fully saturated rings. The first-order valence-corrected chi connectivity index (χ1v) is 6.93. The van der Waals surface area contributed by atoms with Crippen LogP contribution >= 0.6 is 12.4 Å². The fraction of sp³-hybridized carbons (Fsp3) is 0.500. The maximum Gasteiger partial charge on any atom is 0.270 e. The molecule has 2 aliphatic heterocycles. The molecule has 21 heavy (non-hydrogen) atoms. The number of carbonyl (C=O) groups is 1. The van der Waals surface area contributed by atoms with Gasteiger partial charge in [0, 0.05) is 42.9 Å². The highest BCUT2D eigenvalue weighted by Crippen LogP contribution is 2.22. The Bertz CT molecular complexity index is 552. The molecule has 0 spiro atoms. The minimum Gasteiger partial charge on any atom is -0.337 e. The van der Waals surface area contributed by atoms with Gasteiger partial charge in [0.2, 0.25) is 0 Å². The van der Waals surface area contributed by atoms with Gasteiger partial charge in [-0.2, -0.15) is 0 Å². The summed E-state index contributed by atoms with van der Waals surface area (Å²) in [5, 5.41) is 14.3. The van der Waals surface area contributed by atoms with Gasteiger partial charge in [-0.3, -0.25) is 14.9 Å². The number of benzene rings is 1. The zero-order valence-corrected chi connectivity index (χ0v) is 12.3. The minimum atomic E-state index is -0.470. The molecule has 2 atom stereocenters. The van der Waals surface area contributed by atoms with E-state index in [-0.39, 0.29) is 24.0 Å². The Balaban J connectivity index is 0.00000161.